The van der Waals surface area contributed by atoms with Crippen LogP contribution in [0.15, 0.2) is 0 Å². The lowest BCUT2D eigenvalue weighted by Gasteiger charge is -2.49. The molecule has 1 unspecified atom stereocenters. The van der Waals surface area contributed by atoms with E-state index >= 15 is 0 Å². The monoisotopic (exact) mass is 242 g/mol. The number of hydrogen-bond acceptors (Lipinski definition) is 2. The molecule has 3 heteroatoms. The number of alkyl halides is 1. The van der Waals surface area contributed by atoms with Gasteiger partial charge in [0.15, 0.2) is 0 Å². The second-order valence-electron chi connectivity index (χ2n) is 5.80. The summed E-state index contributed by atoms with van der Waals surface area (Å²) in [7, 11) is 0. The first-order chi connectivity index (χ1) is 8.29. The largest absolute Gasteiger partial charge is 0.308 e. The Hall–Kier alpha value is -0.150. The summed E-state index contributed by atoms with van der Waals surface area (Å²) in [4.78, 5) is 2.54. The molecule has 0 amide bonds. The summed E-state index contributed by atoms with van der Waals surface area (Å²) in [6, 6.07) is 0.620. The van der Waals surface area contributed by atoms with Gasteiger partial charge >= 0.3 is 0 Å². The molecule has 1 saturated carbocycles. The van der Waals surface area contributed by atoms with Gasteiger partial charge in [-0.2, -0.15) is 0 Å². The lowest BCUT2D eigenvalue weighted by molar-refractivity contribution is 0.0520. The van der Waals surface area contributed by atoms with Gasteiger partial charge in [0.05, 0.1) is 6.67 Å². The van der Waals surface area contributed by atoms with Crippen molar-refractivity contribution in [1.82, 2.24) is 10.2 Å². The van der Waals surface area contributed by atoms with E-state index in [0.29, 0.717) is 18.0 Å². The third-order valence-corrected chi connectivity index (χ3v) is 4.60. The van der Waals surface area contributed by atoms with E-state index < -0.39 is 0 Å². The smallest absolute Gasteiger partial charge is 0.0906 e. The van der Waals surface area contributed by atoms with Crippen molar-refractivity contribution in [3.8, 4) is 0 Å². The second-order valence-corrected chi connectivity index (χ2v) is 5.80. The first-order valence-corrected chi connectivity index (χ1v) is 7.35. The first kappa shape index (κ1) is 13.3. The zero-order valence-electron chi connectivity index (χ0n) is 11.2. The summed E-state index contributed by atoms with van der Waals surface area (Å²) in [5.74, 6) is 0. The molecule has 1 atom stereocenters. The summed E-state index contributed by atoms with van der Waals surface area (Å²) in [6.07, 6.45) is 8.62. The van der Waals surface area contributed by atoms with Crippen molar-refractivity contribution in [2.75, 3.05) is 26.3 Å². The summed E-state index contributed by atoms with van der Waals surface area (Å²) >= 11 is 0. The molecule has 0 aromatic heterocycles. The number of rotatable bonds is 4. The number of nitrogens with one attached hydrogen (secondary N) is 1. The van der Waals surface area contributed by atoms with Gasteiger partial charge in [-0.1, -0.05) is 26.2 Å². The summed E-state index contributed by atoms with van der Waals surface area (Å²) in [6.45, 7) is 5.26. The Morgan fingerprint density at radius 3 is 2.71 bits per heavy atom. The predicted octanol–water partition coefficient (Wildman–Crippen LogP) is 2.73. The Morgan fingerprint density at radius 1 is 1.29 bits per heavy atom. The molecular weight excluding hydrogens is 215 g/mol. The molecule has 17 heavy (non-hydrogen) atoms. The van der Waals surface area contributed by atoms with Crippen LogP contribution in [0.2, 0.25) is 0 Å². The van der Waals surface area contributed by atoms with Crippen molar-refractivity contribution in [1.29, 1.82) is 0 Å². The minimum atomic E-state index is -0.173. The Kier molecular flexibility index (Phi) is 4.80. The topological polar surface area (TPSA) is 15.3 Å². The molecule has 2 fully saturated rings. The molecule has 0 bridgehead atoms. The molecule has 1 aliphatic carbocycles. The molecular formula is C14H27FN2. The van der Waals surface area contributed by atoms with E-state index in [-0.39, 0.29) is 6.67 Å². The van der Waals surface area contributed by atoms with Crippen LogP contribution in [0.1, 0.15) is 51.9 Å². The number of nitrogens with zero attached hydrogens (tertiary/aromatic N) is 1. The lowest BCUT2D eigenvalue weighted by atomic mass is 9.79. The molecule has 0 aromatic rings. The average Bonchev–Trinajstić information content (AvgIpc) is 2.37. The Balaban J connectivity index is 1.95. The van der Waals surface area contributed by atoms with Crippen LogP contribution in [0.5, 0.6) is 0 Å². The second kappa shape index (κ2) is 6.14. The molecule has 1 heterocycles. The van der Waals surface area contributed by atoms with Crippen molar-refractivity contribution < 1.29 is 4.39 Å². The van der Waals surface area contributed by atoms with E-state index in [1.54, 1.807) is 0 Å². The fourth-order valence-corrected chi connectivity index (χ4v) is 3.53. The third-order valence-electron chi connectivity index (χ3n) is 4.60. The van der Waals surface area contributed by atoms with E-state index in [2.05, 4.69) is 17.1 Å². The highest BCUT2D eigenvalue weighted by molar-refractivity contribution is 4.99. The molecule has 2 nitrogen and oxygen atoms in total. The van der Waals surface area contributed by atoms with Crippen LogP contribution in [-0.2, 0) is 0 Å². The van der Waals surface area contributed by atoms with Crippen molar-refractivity contribution in [2.24, 2.45) is 0 Å². The highest BCUT2D eigenvalue weighted by Gasteiger charge is 2.38. The van der Waals surface area contributed by atoms with Gasteiger partial charge in [-0.3, -0.25) is 9.29 Å². The fraction of sp³-hybridized carbons (Fsp3) is 1.00. The maximum absolute atomic E-state index is 12.4. The van der Waals surface area contributed by atoms with E-state index in [0.717, 1.165) is 19.6 Å². The normalized spacial score (nSPS) is 29.6. The van der Waals surface area contributed by atoms with Crippen LogP contribution in [0, 0.1) is 0 Å². The molecule has 2 aliphatic rings. The van der Waals surface area contributed by atoms with Gasteiger partial charge in [-0.15, -0.1) is 0 Å². The molecule has 1 spiro atoms. The van der Waals surface area contributed by atoms with Crippen LogP contribution in [0.25, 0.3) is 0 Å². The fourth-order valence-electron chi connectivity index (χ4n) is 3.53. The first-order valence-electron chi connectivity index (χ1n) is 7.35. The molecule has 1 aliphatic heterocycles. The Morgan fingerprint density at radius 2 is 2.06 bits per heavy atom. The van der Waals surface area contributed by atoms with Crippen LogP contribution in [-0.4, -0.2) is 42.8 Å². The minimum absolute atomic E-state index is 0.173. The van der Waals surface area contributed by atoms with Crippen LogP contribution < -0.4 is 5.32 Å². The van der Waals surface area contributed by atoms with E-state index in [9.17, 15) is 4.39 Å². The standard InChI is InChI=1S/C14H27FN2/c1-2-13-11-16-14(7-4-3-5-8-14)12-17(13)10-6-9-15/h13,16H,2-12H2,1H3. The maximum atomic E-state index is 12.4. The van der Waals surface area contributed by atoms with Crippen LogP contribution >= 0.6 is 0 Å². The van der Waals surface area contributed by atoms with Gasteiger partial charge in [-0.25, -0.2) is 0 Å². The molecule has 1 N–H and O–H groups in total. The van der Waals surface area contributed by atoms with Gasteiger partial charge < -0.3 is 5.32 Å². The minimum Gasteiger partial charge on any atom is -0.308 e. The molecule has 1 saturated heterocycles. The zero-order chi connectivity index (χ0) is 12.1. The van der Waals surface area contributed by atoms with Crippen molar-refractivity contribution in [2.45, 2.75) is 63.5 Å². The van der Waals surface area contributed by atoms with Gasteiger partial charge in [-0.05, 0) is 25.7 Å². The quantitative estimate of drug-likeness (QED) is 0.815. The van der Waals surface area contributed by atoms with Gasteiger partial charge in [0.25, 0.3) is 0 Å². The van der Waals surface area contributed by atoms with Crippen LogP contribution in [0.3, 0.4) is 0 Å². The highest BCUT2D eigenvalue weighted by atomic mass is 19.1. The Labute approximate surface area is 105 Å². The molecule has 0 aromatic carbocycles. The summed E-state index contributed by atoms with van der Waals surface area (Å²) < 4.78 is 12.4. The van der Waals surface area contributed by atoms with Gasteiger partial charge in [0, 0.05) is 31.2 Å². The number of piperazine rings is 1. The zero-order valence-corrected chi connectivity index (χ0v) is 11.2. The lowest BCUT2D eigenvalue weighted by Crippen LogP contribution is -2.64. The number of hydrogen-bond donors (Lipinski definition) is 1. The average molecular weight is 242 g/mol. The molecule has 2 rings (SSSR count). The highest BCUT2D eigenvalue weighted by Crippen LogP contribution is 2.32. The van der Waals surface area contributed by atoms with Crippen molar-refractivity contribution in [3.63, 3.8) is 0 Å². The van der Waals surface area contributed by atoms with Gasteiger partial charge in [0.1, 0.15) is 0 Å². The molecule has 100 valence electrons. The summed E-state index contributed by atoms with van der Waals surface area (Å²) in [5, 5.41) is 3.81. The van der Waals surface area contributed by atoms with Crippen LogP contribution in [0.4, 0.5) is 4.39 Å². The number of halogens is 1. The predicted molar refractivity (Wildman–Crippen MR) is 70.1 cm³/mol. The van der Waals surface area contributed by atoms with Crippen molar-refractivity contribution >= 4 is 0 Å². The van der Waals surface area contributed by atoms with E-state index in [1.165, 1.54) is 38.5 Å². The van der Waals surface area contributed by atoms with Crippen molar-refractivity contribution in [3.05, 3.63) is 0 Å². The van der Waals surface area contributed by atoms with E-state index in [1.807, 2.05) is 0 Å². The summed E-state index contributed by atoms with van der Waals surface area (Å²) in [5.41, 5.74) is 0.361. The SMILES string of the molecule is CCC1CNC2(CCCCC2)CN1CCCF. The Bertz CT molecular complexity index is 226. The molecule has 0 radical (unpaired) electrons. The third kappa shape index (κ3) is 3.19. The van der Waals surface area contributed by atoms with E-state index in [4.69, 9.17) is 0 Å². The van der Waals surface area contributed by atoms with Gasteiger partial charge in [0.2, 0.25) is 0 Å². The maximum Gasteiger partial charge on any atom is 0.0906 e.